The van der Waals surface area contributed by atoms with E-state index in [0.717, 1.165) is 53.4 Å². The Morgan fingerprint density at radius 3 is 3.04 bits per heavy atom. The third-order valence-corrected chi connectivity index (χ3v) is 5.69. The van der Waals surface area contributed by atoms with Crippen LogP contribution in [0.4, 0.5) is 0 Å². The maximum absolute atomic E-state index is 5.88. The second kappa shape index (κ2) is 6.52. The summed E-state index contributed by atoms with van der Waals surface area (Å²) in [5.41, 5.74) is 2.14. The van der Waals surface area contributed by atoms with Crippen molar-refractivity contribution in [3.8, 4) is 10.8 Å². The summed E-state index contributed by atoms with van der Waals surface area (Å²) in [6, 6.07) is 3.83. The topological polar surface area (TPSA) is 51.4 Å². The van der Waals surface area contributed by atoms with Gasteiger partial charge in [-0.1, -0.05) is 0 Å². The molecule has 1 saturated heterocycles. The summed E-state index contributed by atoms with van der Waals surface area (Å²) in [5.74, 6) is 0.833. The van der Waals surface area contributed by atoms with Crippen molar-refractivity contribution in [2.24, 2.45) is 0 Å². The van der Waals surface area contributed by atoms with Gasteiger partial charge >= 0.3 is 0 Å². The van der Waals surface area contributed by atoms with Crippen LogP contribution < -0.4 is 0 Å². The summed E-state index contributed by atoms with van der Waals surface area (Å²) in [6.45, 7) is 5.38. The number of rotatable bonds is 4. The van der Waals surface area contributed by atoms with Gasteiger partial charge in [-0.05, 0) is 19.1 Å². The van der Waals surface area contributed by atoms with E-state index in [-0.39, 0.29) is 6.10 Å². The van der Waals surface area contributed by atoms with Crippen LogP contribution in [0.1, 0.15) is 22.5 Å². The Kier molecular flexibility index (Phi) is 4.26. The molecule has 1 aliphatic heterocycles. The monoisotopic (exact) mass is 347 g/mol. The minimum Gasteiger partial charge on any atom is -0.462 e. The SMILES string of the molecule is Cc1csc([C@H]2CN(Cc3csc(-c4ccco4)n3)CCO2)n1. The first-order valence-electron chi connectivity index (χ1n) is 7.52. The number of furan rings is 1. The molecule has 0 N–H and O–H groups in total. The molecule has 0 aliphatic carbocycles. The summed E-state index contributed by atoms with van der Waals surface area (Å²) < 4.78 is 11.3. The van der Waals surface area contributed by atoms with Crippen molar-refractivity contribution >= 4 is 22.7 Å². The molecule has 0 bridgehead atoms. The Morgan fingerprint density at radius 2 is 2.26 bits per heavy atom. The zero-order valence-corrected chi connectivity index (χ0v) is 14.4. The van der Waals surface area contributed by atoms with Crippen molar-refractivity contribution in [2.75, 3.05) is 19.7 Å². The molecule has 1 atom stereocenters. The van der Waals surface area contributed by atoms with Crippen molar-refractivity contribution in [3.63, 3.8) is 0 Å². The standard InChI is InChI=1S/C16H17N3O2S2/c1-11-9-22-16(17-11)14-8-19(4-6-21-14)7-12-10-23-15(18-12)13-3-2-5-20-13/h2-3,5,9-10,14H,4,6-8H2,1H3/t14-/m1/s1. The number of aromatic nitrogens is 2. The second-order valence-corrected chi connectivity index (χ2v) is 7.29. The van der Waals surface area contributed by atoms with Crippen LogP contribution in [-0.2, 0) is 11.3 Å². The number of ether oxygens (including phenoxy) is 1. The number of hydrogen-bond acceptors (Lipinski definition) is 7. The molecule has 0 aromatic carbocycles. The largest absolute Gasteiger partial charge is 0.462 e. The van der Waals surface area contributed by atoms with E-state index in [2.05, 4.69) is 25.6 Å². The molecule has 1 fully saturated rings. The molecule has 3 aromatic heterocycles. The van der Waals surface area contributed by atoms with E-state index in [1.807, 2.05) is 19.1 Å². The summed E-state index contributed by atoms with van der Waals surface area (Å²) >= 11 is 3.30. The number of nitrogens with zero attached hydrogens (tertiary/aromatic N) is 3. The van der Waals surface area contributed by atoms with E-state index in [1.165, 1.54) is 0 Å². The van der Waals surface area contributed by atoms with Gasteiger partial charge in [0.15, 0.2) is 10.8 Å². The van der Waals surface area contributed by atoms with Crippen molar-refractivity contribution in [1.29, 1.82) is 0 Å². The number of morpholine rings is 1. The lowest BCUT2D eigenvalue weighted by Crippen LogP contribution is -2.37. The Bertz CT molecular complexity index is 766. The van der Waals surface area contributed by atoms with E-state index >= 15 is 0 Å². The Hall–Kier alpha value is -1.54. The second-order valence-electron chi connectivity index (χ2n) is 5.54. The highest BCUT2D eigenvalue weighted by molar-refractivity contribution is 7.13. The first-order chi connectivity index (χ1) is 11.3. The molecule has 0 amide bonds. The van der Waals surface area contributed by atoms with Gasteiger partial charge in [0.25, 0.3) is 0 Å². The van der Waals surface area contributed by atoms with Crippen LogP contribution in [0.15, 0.2) is 33.6 Å². The van der Waals surface area contributed by atoms with Crippen LogP contribution in [0, 0.1) is 6.92 Å². The van der Waals surface area contributed by atoms with Crippen molar-refractivity contribution in [2.45, 2.75) is 19.6 Å². The average Bonchev–Trinajstić information content (AvgIpc) is 3.28. The molecular weight excluding hydrogens is 330 g/mol. The average molecular weight is 347 g/mol. The molecule has 1 aliphatic rings. The molecular formula is C16H17N3O2S2. The highest BCUT2D eigenvalue weighted by atomic mass is 32.1. The molecule has 5 nitrogen and oxygen atoms in total. The predicted octanol–water partition coefficient (Wildman–Crippen LogP) is 3.74. The van der Waals surface area contributed by atoms with Crippen LogP contribution in [0.25, 0.3) is 10.8 Å². The summed E-state index contributed by atoms with van der Waals surface area (Å²) in [6.07, 6.45) is 1.75. The normalized spacial score (nSPS) is 19.3. The fourth-order valence-corrected chi connectivity index (χ4v) is 4.25. The predicted molar refractivity (Wildman–Crippen MR) is 90.6 cm³/mol. The zero-order valence-electron chi connectivity index (χ0n) is 12.8. The number of aryl methyl sites for hydroxylation is 1. The number of hydrogen-bond donors (Lipinski definition) is 0. The Morgan fingerprint density at radius 1 is 1.30 bits per heavy atom. The minimum absolute atomic E-state index is 0.0747. The van der Waals surface area contributed by atoms with E-state index in [1.54, 1.807) is 28.9 Å². The maximum Gasteiger partial charge on any atom is 0.162 e. The molecule has 0 saturated carbocycles. The molecule has 0 unspecified atom stereocenters. The highest BCUT2D eigenvalue weighted by Crippen LogP contribution is 2.28. The third kappa shape index (κ3) is 3.37. The van der Waals surface area contributed by atoms with Crippen LogP contribution in [0.5, 0.6) is 0 Å². The third-order valence-electron chi connectivity index (χ3n) is 3.73. The van der Waals surface area contributed by atoms with E-state index in [4.69, 9.17) is 9.15 Å². The molecule has 3 aromatic rings. The molecule has 120 valence electrons. The zero-order chi connectivity index (χ0) is 15.6. The number of thiazole rings is 2. The maximum atomic E-state index is 5.88. The minimum atomic E-state index is 0.0747. The lowest BCUT2D eigenvalue weighted by Gasteiger charge is -2.31. The van der Waals surface area contributed by atoms with Crippen molar-refractivity contribution < 1.29 is 9.15 Å². The highest BCUT2D eigenvalue weighted by Gasteiger charge is 2.24. The van der Waals surface area contributed by atoms with Gasteiger partial charge in [0.1, 0.15) is 11.1 Å². The molecule has 4 rings (SSSR count). The van der Waals surface area contributed by atoms with Gasteiger partial charge in [-0.15, -0.1) is 22.7 Å². The first kappa shape index (κ1) is 15.0. The van der Waals surface area contributed by atoms with Crippen LogP contribution in [0.3, 0.4) is 0 Å². The quantitative estimate of drug-likeness (QED) is 0.719. The van der Waals surface area contributed by atoms with Gasteiger partial charge in [0.2, 0.25) is 0 Å². The summed E-state index contributed by atoms with van der Waals surface area (Å²) in [5, 5.41) is 6.19. The lowest BCUT2D eigenvalue weighted by molar-refractivity contribution is -0.0333. The lowest BCUT2D eigenvalue weighted by atomic mass is 10.2. The summed E-state index contributed by atoms with van der Waals surface area (Å²) in [4.78, 5) is 11.6. The molecule has 0 spiro atoms. The van der Waals surface area contributed by atoms with Gasteiger partial charge in [-0.3, -0.25) is 4.90 Å². The molecule has 7 heteroatoms. The fourth-order valence-electron chi connectivity index (χ4n) is 2.64. The van der Waals surface area contributed by atoms with E-state index < -0.39 is 0 Å². The van der Waals surface area contributed by atoms with Gasteiger partial charge in [-0.2, -0.15) is 0 Å². The van der Waals surface area contributed by atoms with Gasteiger partial charge in [-0.25, -0.2) is 9.97 Å². The molecule has 4 heterocycles. The summed E-state index contributed by atoms with van der Waals surface area (Å²) in [7, 11) is 0. The Balaban J connectivity index is 1.42. The molecule has 0 radical (unpaired) electrons. The van der Waals surface area contributed by atoms with E-state index in [9.17, 15) is 0 Å². The Labute approximate surface area is 142 Å². The van der Waals surface area contributed by atoms with Gasteiger partial charge in [0, 0.05) is 36.1 Å². The van der Waals surface area contributed by atoms with Crippen molar-refractivity contribution in [1.82, 2.24) is 14.9 Å². The van der Waals surface area contributed by atoms with E-state index in [0.29, 0.717) is 0 Å². The van der Waals surface area contributed by atoms with Crippen molar-refractivity contribution in [3.05, 3.63) is 45.6 Å². The van der Waals surface area contributed by atoms with Crippen LogP contribution >= 0.6 is 22.7 Å². The van der Waals surface area contributed by atoms with Crippen LogP contribution in [0.2, 0.25) is 0 Å². The molecule has 23 heavy (non-hydrogen) atoms. The first-order valence-corrected chi connectivity index (χ1v) is 9.28. The van der Waals surface area contributed by atoms with Crippen LogP contribution in [-0.4, -0.2) is 34.6 Å². The van der Waals surface area contributed by atoms with Gasteiger partial charge < -0.3 is 9.15 Å². The smallest absolute Gasteiger partial charge is 0.162 e. The van der Waals surface area contributed by atoms with Gasteiger partial charge in [0.05, 0.1) is 18.6 Å². The fraction of sp³-hybridized carbons (Fsp3) is 0.375.